The average molecular weight is 1140 g/mol. The number of carbonyl (C=O) groups is 6. The molecule has 3 fully saturated rings. The number of nitrogens with two attached hydrogens (primary N) is 1. The normalized spacial score (nSPS) is 13.6. The van der Waals surface area contributed by atoms with Crippen LogP contribution in [0.2, 0.25) is 5.15 Å². The molecule has 0 radical (unpaired) electrons. The molecule has 7 aromatic heterocycles. The summed E-state index contributed by atoms with van der Waals surface area (Å²) in [6, 6.07) is 18.9. The van der Waals surface area contributed by atoms with Crippen LogP contribution < -0.4 is 36.8 Å². The number of rotatable bonds is 12. The Bertz CT molecular complexity index is 3210. The molecule has 24 heteroatoms. The lowest BCUT2D eigenvalue weighted by molar-refractivity contribution is 0.00617. The number of aromatic nitrogens is 6. The number of anilines is 3. The molecule has 0 spiro atoms. The molecule has 0 unspecified atom stereocenters. The first-order chi connectivity index (χ1) is 39.1. The number of fused-ring (bicyclic) bond motifs is 1. The van der Waals surface area contributed by atoms with E-state index < -0.39 is 23.4 Å². The molecule has 0 aliphatic carbocycles. The van der Waals surface area contributed by atoms with Crippen LogP contribution in [0.15, 0.2) is 108 Å². The van der Waals surface area contributed by atoms with E-state index in [4.69, 9.17) is 31.7 Å². The highest BCUT2D eigenvalue weighted by Gasteiger charge is 2.28. The van der Waals surface area contributed by atoms with Crippen molar-refractivity contribution in [3.63, 3.8) is 0 Å². The smallest absolute Gasteiger partial charge is 0.358 e. The van der Waals surface area contributed by atoms with Crippen molar-refractivity contribution < 1.29 is 43.0 Å². The number of hydrazine groups is 2. The Morgan fingerprint density at radius 1 is 0.605 bits per heavy atom. The van der Waals surface area contributed by atoms with Gasteiger partial charge in [-0.15, -0.1) is 0 Å². The summed E-state index contributed by atoms with van der Waals surface area (Å²) in [5, 5.41) is 4.12. The van der Waals surface area contributed by atoms with Gasteiger partial charge in [-0.3, -0.25) is 35.1 Å². The van der Waals surface area contributed by atoms with Crippen molar-refractivity contribution in [2.75, 3.05) is 67.2 Å². The number of carbonyl (C=O) groups excluding carboxylic acids is 6. The Balaban J connectivity index is 0.000000180. The zero-order chi connectivity index (χ0) is 57.9. The van der Waals surface area contributed by atoms with Gasteiger partial charge in [0, 0.05) is 81.2 Å². The molecule has 10 rings (SSSR count). The minimum Gasteiger partial charge on any atom is -0.462 e. The lowest BCUT2D eigenvalue weighted by atomic mass is 10.1. The number of ether oxygens (including phenoxy) is 3. The van der Waals surface area contributed by atoms with Gasteiger partial charge in [0.05, 0.1) is 41.0 Å². The SMILES string of the molecule is CC(C)(C)OC(=O)c1c(-c2ccsc2)nc2c(C(=O)NNC(=O)c3ccc(N4CCCC4)nc3)cccn12.CCOC(=O)c1ccc(Cl)nc1.CCOC(=O)c1ccc(N2CCCC2)nc1.NNC(=O)c1ccc(N2CCCC2)nc1. The first-order valence-corrected chi connectivity index (χ1v) is 27.9. The van der Waals surface area contributed by atoms with Gasteiger partial charge in [0.15, 0.2) is 11.3 Å². The number of nitrogens with one attached hydrogen (secondary N) is 3. The van der Waals surface area contributed by atoms with Crippen LogP contribution in [0.25, 0.3) is 16.9 Å². The van der Waals surface area contributed by atoms with Crippen molar-refractivity contribution in [2.45, 2.75) is 78.7 Å². The van der Waals surface area contributed by atoms with Crippen LogP contribution in [0.5, 0.6) is 0 Å². The summed E-state index contributed by atoms with van der Waals surface area (Å²) in [6.45, 7) is 15.8. The van der Waals surface area contributed by atoms with Crippen LogP contribution >= 0.6 is 22.9 Å². The van der Waals surface area contributed by atoms with E-state index in [0.29, 0.717) is 46.3 Å². The average Bonchev–Trinajstić information content (AvgIpc) is 4.49. The maximum absolute atomic E-state index is 13.2. The molecule has 3 amide bonds. The van der Waals surface area contributed by atoms with Crippen molar-refractivity contribution in [1.29, 1.82) is 0 Å². The van der Waals surface area contributed by atoms with Crippen LogP contribution in [-0.2, 0) is 14.2 Å². The second-order valence-corrected chi connectivity index (χ2v) is 20.6. The third kappa shape index (κ3) is 16.8. The first-order valence-electron chi connectivity index (χ1n) is 26.5. The van der Waals surface area contributed by atoms with E-state index in [2.05, 4.69) is 55.9 Å². The molecule has 7 aromatic rings. The molecule has 3 saturated heterocycles. The van der Waals surface area contributed by atoms with Crippen LogP contribution in [-0.4, -0.2) is 123 Å². The van der Waals surface area contributed by atoms with Gasteiger partial charge in [-0.2, -0.15) is 11.3 Å². The van der Waals surface area contributed by atoms with E-state index in [0.717, 1.165) is 75.1 Å². The summed E-state index contributed by atoms with van der Waals surface area (Å²) < 4.78 is 16.8. The number of nitrogen functional groups attached to an aromatic ring is 1. The van der Waals surface area contributed by atoms with E-state index >= 15 is 0 Å². The Hall–Kier alpha value is -8.54. The fourth-order valence-corrected chi connectivity index (χ4v) is 9.33. The minimum absolute atomic E-state index is 0.182. The van der Waals surface area contributed by atoms with E-state index in [9.17, 15) is 28.8 Å². The number of imidazole rings is 1. The predicted molar refractivity (Wildman–Crippen MR) is 308 cm³/mol. The van der Waals surface area contributed by atoms with Crippen LogP contribution in [0.4, 0.5) is 17.5 Å². The maximum atomic E-state index is 13.2. The molecule has 10 heterocycles. The summed E-state index contributed by atoms with van der Waals surface area (Å²) in [6.07, 6.45) is 14.8. The lowest BCUT2D eigenvalue weighted by Gasteiger charge is -2.19. The highest BCUT2D eigenvalue weighted by Crippen LogP contribution is 2.30. The Morgan fingerprint density at radius 2 is 1.07 bits per heavy atom. The molecule has 0 aromatic carbocycles. The van der Waals surface area contributed by atoms with Crippen LogP contribution in [0, 0.1) is 0 Å². The summed E-state index contributed by atoms with van der Waals surface area (Å²) in [5.41, 5.74) is 9.80. The third-order valence-electron chi connectivity index (χ3n) is 12.5. The summed E-state index contributed by atoms with van der Waals surface area (Å²) >= 11 is 7.00. The van der Waals surface area contributed by atoms with Gasteiger partial charge in [0.1, 0.15) is 33.9 Å². The van der Waals surface area contributed by atoms with Gasteiger partial charge >= 0.3 is 17.9 Å². The van der Waals surface area contributed by atoms with Crippen molar-refractivity contribution in [3.05, 3.63) is 147 Å². The van der Waals surface area contributed by atoms with Gasteiger partial charge < -0.3 is 28.9 Å². The number of esters is 3. The molecule has 5 N–H and O–H groups in total. The quantitative estimate of drug-likeness (QED) is 0.0224. The monoisotopic (exact) mass is 1140 g/mol. The van der Waals surface area contributed by atoms with Crippen molar-refractivity contribution in [1.82, 2.24) is 45.6 Å². The Morgan fingerprint density at radius 3 is 1.49 bits per heavy atom. The van der Waals surface area contributed by atoms with E-state index in [-0.39, 0.29) is 34.8 Å². The fourth-order valence-electron chi connectivity index (χ4n) is 8.58. The van der Waals surface area contributed by atoms with Gasteiger partial charge in [-0.05, 0) is 145 Å². The van der Waals surface area contributed by atoms with Gasteiger partial charge in [-0.1, -0.05) is 11.6 Å². The lowest BCUT2D eigenvalue weighted by Crippen LogP contribution is -2.41. The molecular formula is C57H66ClN13O9S. The number of halogens is 1. The summed E-state index contributed by atoms with van der Waals surface area (Å²) in [4.78, 5) is 100. The van der Waals surface area contributed by atoms with Gasteiger partial charge in [0.25, 0.3) is 17.7 Å². The molecule has 0 saturated carbocycles. The molecule has 426 valence electrons. The second kappa shape index (κ2) is 29.1. The van der Waals surface area contributed by atoms with Crippen LogP contribution in [0.3, 0.4) is 0 Å². The number of amides is 3. The number of pyridine rings is 5. The summed E-state index contributed by atoms with van der Waals surface area (Å²) in [7, 11) is 0. The van der Waals surface area contributed by atoms with Crippen molar-refractivity contribution in [2.24, 2.45) is 5.84 Å². The zero-order valence-corrected chi connectivity index (χ0v) is 47.4. The molecule has 0 bridgehead atoms. The molecule has 3 aliphatic heterocycles. The Kier molecular flexibility index (Phi) is 21.6. The molecule has 81 heavy (non-hydrogen) atoms. The summed E-state index contributed by atoms with van der Waals surface area (Å²) in [5.74, 6) is 5.12. The van der Waals surface area contributed by atoms with Crippen molar-refractivity contribution in [3.8, 4) is 11.3 Å². The third-order valence-corrected chi connectivity index (χ3v) is 13.4. The van der Waals surface area contributed by atoms with Crippen LogP contribution in [0.1, 0.15) is 135 Å². The highest BCUT2D eigenvalue weighted by atomic mass is 35.5. The highest BCUT2D eigenvalue weighted by molar-refractivity contribution is 7.08. The zero-order valence-electron chi connectivity index (χ0n) is 45.9. The van der Waals surface area contributed by atoms with E-state index in [1.165, 1.54) is 49.4 Å². The van der Waals surface area contributed by atoms with Gasteiger partial charge in [0.2, 0.25) is 0 Å². The largest absolute Gasteiger partial charge is 0.462 e. The molecule has 3 aliphatic rings. The fraction of sp³-hybridized carbons (Fsp3) is 0.351. The first kappa shape index (κ1) is 60.1. The molecular weight excluding hydrogens is 1080 g/mol. The van der Waals surface area contributed by atoms with E-state index in [1.807, 2.05) is 29.0 Å². The minimum atomic E-state index is -0.714. The number of hydrogen-bond acceptors (Lipinski definition) is 19. The van der Waals surface area contributed by atoms with Crippen molar-refractivity contribution >= 4 is 81.7 Å². The molecule has 0 atom stereocenters. The topological polar surface area (TPSA) is 271 Å². The predicted octanol–water partition coefficient (Wildman–Crippen LogP) is 8.14. The second-order valence-electron chi connectivity index (χ2n) is 19.4. The number of hydrogen-bond donors (Lipinski definition) is 4. The number of thiophene rings is 1. The standard InChI is InChI=1S/C27H28N6O4S.C12H16N2O2.C10H14N4O.C8H8ClNO2/c1-27(2,3)37-26(36)22-21(18-10-14-38-16-18)29-23-19(7-6-13-33(22)23)25(35)31-30-24(34)17-8-9-20(28-15-17)32-11-4-5-12-32;1-2-16-12(15)10-5-6-11(13-9-10)14-7-3-4-8-14;11-13-10(15)8-3-4-9(12-7-8)14-5-1-2-6-14;1-2-12-8(11)6-3-4-7(9)10-5-6/h6-10,13-16H,4-5,11-12H2,1-3H3,(H,30,34)(H,31,35);5-6,9H,2-4,7-8H2,1H3;3-4,7H,1-2,5-6,11H2,(H,13,15);3-5H,2H2,1H3. The molecule has 22 nitrogen and oxygen atoms in total. The number of nitrogens with zero attached hydrogens (tertiary/aromatic N) is 9. The Labute approximate surface area is 478 Å². The van der Waals surface area contributed by atoms with E-state index in [1.54, 1.807) is 106 Å². The maximum Gasteiger partial charge on any atom is 0.358 e. The van der Waals surface area contributed by atoms with Gasteiger partial charge in [-0.25, -0.2) is 45.1 Å².